The second-order valence-electron chi connectivity index (χ2n) is 7.39. The van der Waals surface area contributed by atoms with E-state index in [2.05, 4.69) is 4.98 Å². The lowest BCUT2D eigenvalue weighted by atomic mass is 9.86. The van der Waals surface area contributed by atoms with Crippen molar-refractivity contribution < 1.29 is 19.1 Å². The number of ether oxygens (including phenoxy) is 2. The van der Waals surface area contributed by atoms with Gasteiger partial charge in [-0.2, -0.15) is 0 Å². The molecule has 3 rings (SSSR count). The van der Waals surface area contributed by atoms with E-state index in [4.69, 9.17) is 9.47 Å². The van der Waals surface area contributed by atoms with Crippen molar-refractivity contribution in [2.45, 2.75) is 65.3 Å². The van der Waals surface area contributed by atoms with Crippen molar-refractivity contribution >= 4 is 33.5 Å². The molecule has 0 aromatic carbocycles. The van der Waals surface area contributed by atoms with Gasteiger partial charge in [0.1, 0.15) is 16.2 Å². The van der Waals surface area contributed by atoms with Gasteiger partial charge in [0.2, 0.25) is 0 Å². The van der Waals surface area contributed by atoms with Crippen LogP contribution in [0.15, 0.2) is 4.79 Å². The van der Waals surface area contributed by atoms with Crippen molar-refractivity contribution in [1.82, 2.24) is 9.55 Å². The summed E-state index contributed by atoms with van der Waals surface area (Å²) in [6, 6.07) is 0. The van der Waals surface area contributed by atoms with Crippen LogP contribution in [0.5, 0.6) is 0 Å². The number of esters is 2. The van der Waals surface area contributed by atoms with Crippen molar-refractivity contribution in [3.63, 3.8) is 0 Å². The van der Waals surface area contributed by atoms with Gasteiger partial charge in [-0.05, 0) is 59.4 Å². The van der Waals surface area contributed by atoms with Crippen LogP contribution < -0.4 is 5.56 Å². The minimum absolute atomic E-state index is 0.227. The molecule has 2 aromatic rings. The Bertz CT molecular complexity index is 989. The van der Waals surface area contributed by atoms with Crippen molar-refractivity contribution in [2.75, 3.05) is 13.2 Å². The maximum absolute atomic E-state index is 13.5. The predicted molar refractivity (Wildman–Crippen MR) is 107 cm³/mol. The lowest BCUT2D eigenvalue weighted by Gasteiger charge is -2.27. The molecule has 0 saturated heterocycles. The fourth-order valence-electron chi connectivity index (χ4n) is 3.92. The fraction of sp³-hybridized carbons (Fsp3) is 0.600. The summed E-state index contributed by atoms with van der Waals surface area (Å²) in [5.41, 5.74) is -0.786. The number of rotatable bonds is 5. The number of hydrogen-bond acceptors (Lipinski definition) is 7. The summed E-state index contributed by atoms with van der Waals surface area (Å²) in [5.74, 6) is -0.817. The first-order valence-corrected chi connectivity index (χ1v) is 10.4. The normalized spacial score (nSPS) is 16.7. The molecule has 8 heteroatoms. The van der Waals surface area contributed by atoms with Crippen molar-refractivity contribution in [3.8, 4) is 0 Å². The van der Waals surface area contributed by atoms with Crippen LogP contribution in [0.1, 0.15) is 62.7 Å². The number of fused-ring (bicyclic) bond motifs is 3. The third-order valence-corrected chi connectivity index (χ3v) is 6.32. The molecule has 0 spiro atoms. The molecule has 0 N–H and O–H groups in total. The SMILES string of the molecule is CCOC(=O)C1CCCc2sc3nc(C)n(C(C)(C)C(=O)OCC)c(=O)c3c21. The number of nitrogens with zero attached hydrogens (tertiary/aromatic N) is 2. The molecule has 0 saturated carbocycles. The van der Waals surface area contributed by atoms with E-state index in [0.717, 1.165) is 23.3 Å². The third kappa shape index (κ3) is 3.23. The van der Waals surface area contributed by atoms with Gasteiger partial charge in [-0.15, -0.1) is 11.3 Å². The van der Waals surface area contributed by atoms with Crippen molar-refractivity contribution in [1.29, 1.82) is 0 Å². The number of aromatic nitrogens is 2. The van der Waals surface area contributed by atoms with E-state index in [0.29, 0.717) is 29.1 Å². The number of thiophene rings is 1. The van der Waals surface area contributed by atoms with Crippen LogP contribution >= 0.6 is 11.3 Å². The van der Waals surface area contributed by atoms with E-state index in [1.54, 1.807) is 34.6 Å². The Hall–Kier alpha value is -2.22. The molecular formula is C20H26N2O5S. The summed E-state index contributed by atoms with van der Waals surface area (Å²) in [7, 11) is 0. The first kappa shape index (κ1) is 20.5. The largest absolute Gasteiger partial charge is 0.466 e. The molecule has 0 radical (unpaired) electrons. The quantitative estimate of drug-likeness (QED) is 0.709. The maximum Gasteiger partial charge on any atom is 0.331 e. The van der Waals surface area contributed by atoms with Crippen LogP contribution in [0.2, 0.25) is 0 Å². The summed E-state index contributed by atoms with van der Waals surface area (Å²) in [4.78, 5) is 44.8. The number of carbonyl (C=O) groups is 2. The molecule has 0 fully saturated rings. The highest BCUT2D eigenvalue weighted by Crippen LogP contribution is 2.41. The third-order valence-electron chi connectivity index (χ3n) is 5.16. The van der Waals surface area contributed by atoms with Gasteiger partial charge in [-0.1, -0.05) is 0 Å². The molecule has 7 nitrogen and oxygen atoms in total. The molecule has 1 aliphatic rings. The van der Waals surface area contributed by atoms with E-state index in [-0.39, 0.29) is 18.1 Å². The second-order valence-corrected chi connectivity index (χ2v) is 8.48. The highest BCUT2D eigenvalue weighted by atomic mass is 32.1. The molecule has 2 aromatic heterocycles. The maximum atomic E-state index is 13.5. The van der Waals surface area contributed by atoms with E-state index in [1.165, 1.54) is 15.9 Å². The predicted octanol–water partition coefficient (Wildman–Crippen LogP) is 3.05. The minimum Gasteiger partial charge on any atom is -0.466 e. The average Bonchev–Trinajstić information content (AvgIpc) is 3.00. The monoisotopic (exact) mass is 406 g/mol. The van der Waals surface area contributed by atoms with Gasteiger partial charge in [0.05, 0.1) is 24.5 Å². The van der Waals surface area contributed by atoms with E-state index in [9.17, 15) is 14.4 Å². The zero-order valence-electron chi connectivity index (χ0n) is 17.0. The number of hydrogen-bond donors (Lipinski definition) is 0. The Labute approximate surface area is 167 Å². The Balaban J connectivity index is 2.26. The van der Waals surface area contributed by atoms with Crippen LogP contribution in [-0.4, -0.2) is 34.7 Å². The van der Waals surface area contributed by atoms with Gasteiger partial charge < -0.3 is 9.47 Å². The molecule has 1 unspecified atom stereocenters. The van der Waals surface area contributed by atoms with E-state index in [1.807, 2.05) is 0 Å². The smallest absolute Gasteiger partial charge is 0.331 e. The minimum atomic E-state index is -1.21. The number of aryl methyl sites for hydroxylation is 2. The van der Waals surface area contributed by atoms with Crippen LogP contribution in [0.3, 0.4) is 0 Å². The summed E-state index contributed by atoms with van der Waals surface area (Å²) < 4.78 is 11.8. The zero-order valence-corrected chi connectivity index (χ0v) is 17.8. The van der Waals surface area contributed by atoms with Crippen LogP contribution in [0.4, 0.5) is 0 Å². The van der Waals surface area contributed by atoms with Gasteiger partial charge >= 0.3 is 11.9 Å². The average molecular weight is 407 g/mol. The molecule has 1 atom stereocenters. The molecule has 0 bridgehead atoms. The highest BCUT2D eigenvalue weighted by Gasteiger charge is 2.38. The first-order chi connectivity index (χ1) is 13.2. The van der Waals surface area contributed by atoms with Gasteiger partial charge in [-0.3, -0.25) is 14.2 Å². The van der Waals surface area contributed by atoms with Crippen LogP contribution in [-0.2, 0) is 31.0 Å². The molecule has 1 aliphatic carbocycles. The molecule has 0 amide bonds. The topological polar surface area (TPSA) is 87.5 Å². The lowest BCUT2D eigenvalue weighted by Crippen LogP contribution is -2.45. The lowest BCUT2D eigenvalue weighted by molar-refractivity contribution is -0.152. The Kier molecular flexibility index (Phi) is 5.61. The standard InChI is InChI=1S/C20H26N2O5S/c1-6-26-18(24)12-9-8-10-13-14(12)15-16(28-13)21-11(3)22(17(15)23)20(4,5)19(25)27-7-2/h12H,6-10H2,1-5H3. The Morgan fingerprint density at radius 3 is 2.57 bits per heavy atom. The van der Waals surface area contributed by atoms with Gasteiger partial charge in [0.25, 0.3) is 5.56 Å². The van der Waals surface area contributed by atoms with Crippen LogP contribution in [0.25, 0.3) is 10.2 Å². The van der Waals surface area contributed by atoms with Crippen LogP contribution in [0, 0.1) is 6.92 Å². The Morgan fingerprint density at radius 1 is 1.25 bits per heavy atom. The summed E-state index contributed by atoms with van der Waals surface area (Å²) in [5, 5.41) is 0.431. The molecule has 0 aliphatic heterocycles. The van der Waals surface area contributed by atoms with E-state index < -0.39 is 17.4 Å². The summed E-state index contributed by atoms with van der Waals surface area (Å²) >= 11 is 1.46. The summed E-state index contributed by atoms with van der Waals surface area (Å²) in [6.07, 6.45) is 2.32. The molecule has 2 heterocycles. The summed E-state index contributed by atoms with van der Waals surface area (Å²) in [6.45, 7) is 9.03. The Morgan fingerprint density at radius 2 is 1.93 bits per heavy atom. The first-order valence-electron chi connectivity index (χ1n) is 9.63. The fourth-order valence-corrected chi connectivity index (χ4v) is 5.23. The van der Waals surface area contributed by atoms with E-state index >= 15 is 0 Å². The molecule has 28 heavy (non-hydrogen) atoms. The molecular weight excluding hydrogens is 380 g/mol. The van der Waals surface area contributed by atoms with Crippen molar-refractivity contribution in [2.24, 2.45) is 0 Å². The zero-order chi connectivity index (χ0) is 20.6. The molecule has 152 valence electrons. The van der Waals surface area contributed by atoms with Gasteiger partial charge in [-0.25, -0.2) is 9.78 Å². The highest BCUT2D eigenvalue weighted by molar-refractivity contribution is 7.18. The number of carbonyl (C=O) groups excluding carboxylic acids is 2. The van der Waals surface area contributed by atoms with Gasteiger partial charge in [0.15, 0.2) is 0 Å². The second kappa shape index (κ2) is 7.66. The van der Waals surface area contributed by atoms with Gasteiger partial charge in [0, 0.05) is 4.88 Å². The van der Waals surface area contributed by atoms with Crippen molar-refractivity contribution in [3.05, 3.63) is 26.6 Å².